The maximum Gasteiger partial charge on any atom is 0.159 e. The molecule has 0 bridgehead atoms. The van der Waals surface area contributed by atoms with Crippen LogP contribution in [0.25, 0.3) is 97.4 Å². The van der Waals surface area contributed by atoms with Crippen molar-refractivity contribution in [3.05, 3.63) is 290 Å². The van der Waals surface area contributed by atoms with Gasteiger partial charge in [-0.15, -0.1) is 11.3 Å². The Hall–Kier alpha value is -9.94. The molecule has 15 aromatic rings. The molecule has 0 fully saturated rings. The monoisotopic (exact) mass is 1040 g/mol. The van der Waals surface area contributed by atoms with Crippen molar-refractivity contribution in [1.82, 2.24) is 0 Å². The average Bonchev–Trinajstić information content (AvgIpc) is 4.37. The standard InChI is InChI=1S/C75H50N2O2S/c1-4-19-48(20-5-1)49-35-37-53(38-36-49)76(52-23-8-3-9-24-52)55-43-51(66-47-67-59-26-11-10-25-58(59)57(50-21-6-2-7-22-50)41-42-63(67)73-65-29-14-17-34-72(65)80-75(66)73)44-56(45-55)77(54-39-40-62-60-27-12-15-32-69(60)78-71(62)46-54)68-31-18-30-64-61-28-13-16-33-70(61)79-74(64)68/h1-40,43-47,57H,41-42H2. The quantitative estimate of drug-likeness (QED) is 0.144. The van der Waals surface area contributed by atoms with E-state index in [4.69, 9.17) is 8.83 Å². The minimum atomic E-state index is 0.254. The van der Waals surface area contributed by atoms with Crippen LogP contribution in [0.1, 0.15) is 29.0 Å². The fourth-order valence-electron chi connectivity index (χ4n) is 12.9. The summed E-state index contributed by atoms with van der Waals surface area (Å²) in [7, 11) is 0. The van der Waals surface area contributed by atoms with Gasteiger partial charge in [-0.05, 0) is 142 Å². The van der Waals surface area contributed by atoms with Crippen molar-refractivity contribution in [3.8, 4) is 33.4 Å². The molecule has 16 rings (SSSR count). The highest BCUT2D eigenvalue weighted by molar-refractivity contribution is 7.26. The van der Waals surface area contributed by atoms with Gasteiger partial charge in [-0.1, -0.05) is 182 Å². The van der Waals surface area contributed by atoms with Gasteiger partial charge in [0.2, 0.25) is 0 Å². The first-order valence-corrected chi connectivity index (χ1v) is 28.4. The van der Waals surface area contributed by atoms with Gasteiger partial charge in [0.15, 0.2) is 5.58 Å². The Kier molecular flexibility index (Phi) is 10.9. The number of aryl methyl sites for hydroxylation is 1. The molecule has 12 aromatic carbocycles. The van der Waals surface area contributed by atoms with Crippen LogP contribution in [0.4, 0.5) is 34.1 Å². The maximum atomic E-state index is 6.99. The molecule has 378 valence electrons. The highest BCUT2D eigenvalue weighted by Gasteiger charge is 2.29. The van der Waals surface area contributed by atoms with Crippen LogP contribution in [0.5, 0.6) is 0 Å². The molecule has 5 heteroatoms. The number of fused-ring (bicyclic) bond motifs is 13. The number of benzene rings is 12. The van der Waals surface area contributed by atoms with E-state index in [1.807, 2.05) is 23.5 Å². The summed E-state index contributed by atoms with van der Waals surface area (Å²) in [4.78, 5) is 4.80. The lowest BCUT2D eigenvalue weighted by Crippen LogP contribution is -2.14. The van der Waals surface area contributed by atoms with Gasteiger partial charge in [0, 0.05) is 82.0 Å². The first-order chi connectivity index (χ1) is 39.7. The van der Waals surface area contributed by atoms with E-state index in [0.29, 0.717) is 0 Å². The molecular weight excluding hydrogens is 993 g/mol. The molecule has 0 saturated heterocycles. The van der Waals surface area contributed by atoms with E-state index in [1.165, 1.54) is 59.1 Å². The smallest absolute Gasteiger partial charge is 0.159 e. The molecular formula is C75H50N2O2S. The number of hydrogen-bond donors (Lipinski definition) is 0. The van der Waals surface area contributed by atoms with Crippen molar-refractivity contribution < 1.29 is 8.83 Å². The molecule has 0 aliphatic heterocycles. The van der Waals surface area contributed by atoms with Crippen LogP contribution in [-0.4, -0.2) is 0 Å². The van der Waals surface area contributed by atoms with E-state index in [0.717, 1.165) is 102 Å². The zero-order valence-corrected chi connectivity index (χ0v) is 44.4. The van der Waals surface area contributed by atoms with Gasteiger partial charge < -0.3 is 18.6 Å². The number of thiophene rings is 1. The minimum Gasteiger partial charge on any atom is -0.456 e. The lowest BCUT2D eigenvalue weighted by atomic mass is 9.85. The number of furan rings is 2. The largest absolute Gasteiger partial charge is 0.456 e. The van der Waals surface area contributed by atoms with E-state index in [2.05, 4.69) is 271 Å². The fourth-order valence-corrected chi connectivity index (χ4v) is 14.1. The van der Waals surface area contributed by atoms with Gasteiger partial charge in [-0.25, -0.2) is 0 Å². The number of rotatable bonds is 9. The lowest BCUT2D eigenvalue weighted by molar-refractivity contribution is 0.667. The highest BCUT2D eigenvalue weighted by atomic mass is 32.1. The Balaban J connectivity index is 1.00. The predicted octanol–water partition coefficient (Wildman–Crippen LogP) is 21.9. The van der Waals surface area contributed by atoms with Crippen LogP contribution in [0.3, 0.4) is 0 Å². The van der Waals surface area contributed by atoms with Crippen molar-refractivity contribution in [2.45, 2.75) is 18.8 Å². The maximum absolute atomic E-state index is 6.99. The van der Waals surface area contributed by atoms with Crippen LogP contribution in [-0.2, 0) is 6.42 Å². The molecule has 3 heterocycles. The molecule has 0 amide bonds. The third-order valence-corrected chi connectivity index (χ3v) is 17.7. The molecule has 1 aliphatic rings. The number of hydrogen-bond acceptors (Lipinski definition) is 5. The minimum absolute atomic E-state index is 0.254. The van der Waals surface area contributed by atoms with Crippen LogP contribution in [0, 0.1) is 0 Å². The fraction of sp³-hybridized carbons (Fsp3) is 0.0400. The summed E-state index contributed by atoms with van der Waals surface area (Å²) < 4.78 is 16.3. The van der Waals surface area contributed by atoms with Gasteiger partial charge in [-0.3, -0.25) is 0 Å². The van der Waals surface area contributed by atoms with Crippen LogP contribution in [0.2, 0.25) is 0 Å². The Labute approximate surface area is 467 Å². The SMILES string of the molecule is c1ccc(-c2ccc(N(c3ccccc3)c3cc(-c4cc5c(c6c4sc4ccccc46)CCC(c4ccccc4)c4ccccc4-5)cc(N(c4ccc5c(c4)oc4ccccc45)c4cccc5c4oc4ccccc45)c3)cc2)cc1. The van der Waals surface area contributed by atoms with E-state index < -0.39 is 0 Å². The third-order valence-electron chi connectivity index (χ3n) is 16.5. The summed E-state index contributed by atoms with van der Waals surface area (Å²) in [5.74, 6) is 0.254. The number of para-hydroxylation sites is 4. The molecule has 1 aliphatic carbocycles. The third kappa shape index (κ3) is 7.65. The van der Waals surface area contributed by atoms with Crippen molar-refractivity contribution in [3.63, 3.8) is 0 Å². The van der Waals surface area contributed by atoms with E-state index >= 15 is 0 Å². The summed E-state index contributed by atoms with van der Waals surface area (Å²) in [5.41, 5.74) is 20.7. The topological polar surface area (TPSA) is 32.8 Å². The molecule has 4 nitrogen and oxygen atoms in total. The van der Waals surface area contributed by atoms with Crippen molar-refractivity contribution in [2.24, 2.45) is 0 Å². The van der Waals surface area contributed by atoms with E-state index in [-0.39, 0.29) is 5.92 Å². The molecule has 1 atom stereocenters. The Morgan fingerprint density at radius 3 is 1.76 bits per heavy atom. The molecule has 0 spiro atoms. The number of anilines is 6. The van der Waals surface area contributed by atoms with Crippen molar-refractivity contribution in [1.29, 1.82) is 0 Å². The van der Waals surface area contributed by atoms with E-state index in [9.17, 15) is 0 Å². The Morgan fingerprint density at radius 2 is 0.963 bits per heavy atom. The first kappa shape index (κ1) is 46.2. The van der Waals surface area contributed by atoms with Gasteiger partial charge >= 0.3 is 0 Å². The lowest BCUT2D eigenvalue weighted by Gasteiger charge is -2.30. The van der Waals surface area contributed by atoms with Crippen LogP contribution < -0.4 is 9.80 Å². The molecule has 1 unspecified atom stereocenters. The second-order valence-electron chi connectivity index (χ2n) is 21.0. The average molecular weight is 1040 g/mol. The first-order valence-electron chi connectivity index (χ1n) is 27.6. The van der Waals surface area contributed by atoms with Crippen molar-refractivity contribution >= 4 is 110 Å². The Morgan fingerprint density at radius 1 is 0.362 bits per heavy atom. The summed E-state index contributed by atoms with van der Waals surface area (Å²) in [6.45, 7) is 0. The van der Waals surface area contributed by atoms with Gasteiger partial charge in [-0.2, -0.15) is 0 Å². The zero-order valence-electron chi connectivity index (χ0n) is 43.6. The van der Waals surface area contributed by atoms with Crippen LogP contribution >= 0.6 is 11.3 Å². The Bertz CT molecular complexity index is 4840. The number of nitrogens with zero attached hydrogens (tertiary/aromatic N) is 2. The van der Waals surface area contributed by atoms with Gasteiger partial charge in [0.25, 0.3) is 0 Å². The van der Waals surface area contributed by atoms with Crippen LogP contribution in [0.15, 0.2) is 282 Å². The summed E-state index contributed by atoms with van der Waals surface area (Å²) in [5, 5.41) is 6.95. The zero-order chi connectivity index (χ0) is 52.7. The highest BCUT2D eigenvalue weighted by Crippen LogP contribution is 2.53. The van der Waals surface area contributed by atoms with E-state index in [1.54, 1.807) is 0 Å². The second kappa shape index (κ2) is 18.9. The normalized spacial score (nSPS) is 13.3. The molecule has 80 heavy (non-hydrogen) atoms. The molecule has 0 N–H and O–H groups in total. The van der Waals surface area contributed by atoms with Crippen molar-refractivity contribution in [2.75, 3.05) is 9.80 Å². The second-order valence-corrected chi connectivity index (χ2v) is 22.1. The van der Waals surface area contributed by atoms with Gasteiger partial charge in [0.05, 0.1) is 11.4 Å². The van der Waals surface area contributed by atoms with Gasteiger partial charge in [0.1, 0.15) is 16.7 Å². The molecule has 3 aromatic heterocycles. The summed E-state index contributed by atoms with van der Waals surface area (Å²) >= 11 is 1.91. The summed E-state index contributed by atoms with van der Waals surface area (Å²) in [6, 6.07) is 99.4. The molecule has 0 radical (unpaired) electrons. The predicted molar refractivity (Wildman–Crippen MR) is 336 cm³/mol. The molecule has 0 saturated carbocycles. The summed E-state index contributed by atoms with van der Waals surface area (Å²) in [6.07, 6.45) is 1.96.